The van der Waals surface area contributed by atoms with E-state index in [9.17, 15) is 9.59 Å². The number of fused-ring (bicyclic) bond motifs is 3. The number of imidazole rings is 1. The molecule has 170 valence electrons. The number of piperazine rings is 1. The number of hydrogen-bond donors (Lipinski definition) is 2. The van der Waals surface area contributed by atoms with Gasteiger partial charge < -0.3 is 15.2 Å². The number of amides is 1. The van der Waals surface area contributed by atoms with Gasteiger partial charge in [0.05, 0.1) is 16.9 Å². The van der Waals surface area contributed by atoms with Gasteiger partial charge in [0.2, 0.25) is 0 Å². The van der Waals surface area contributed by atoms with Crippen molar-refractivity contribution in [1.29, 1.82) is 0 Å². The Bertz CT molecular complexity index is 1420. The molecule has 0 aliphatic carbocycles. The molecule has 4 aromatic rings. The third-order valence-electron chi connectivity index (χ3n) is 6.18. The van der Waals surface area contributed by atoms with Crippen molar-refractivity contribution in [1.82, 2.24) is 29.6 Å². The van der Waals surface area contributed by atoms with Crippen molar-refractivity contribution in [2.75, 3.05) is 38.1 Å². The van der Waals surface area contributed by atoms with Crippen molar-refractivity contribution in [2.45, 2.75) is 13.5 Å². The molecule has 1 fully saturated rings. The van der Waals surface area contributed by atoms with Gasteiger partial charge in [0.1, 0.15) is 11.3 Å². The van der Waals surface area contributed by atoms with E-state index < -0.39 is 11.5 Å². The minimum Gasteiger partial charge on any atom is -0.368 e. The third-order valence-corrected chi connectivity index (χ3v) is 6.18. The summed E-state index contributed by atoms with van der Waals surface area (Å²) in [4.78, 5) is 39.7. The predicted octanol–water partition coefficient (Wildman–Crippen LogP) is 1.70. The molecule has 0 atom stereocenters. The van der Waals surface area contributed by atoms with Crippen LogP contribution >= 0.6 is 0 Å². The zero-order valence-electron chi connectivity index (χ0n) is 18.4. The zero-order valence-corrected chi connectivity index (χ0v) is 18.4. The molecule has 5 rings (SSSR count). The number of nitrogens with zero attached hydrogens (tertiary/aromatic N) is 5. The zero-order chi connectivity index (χ0) is 23.1. The van der Waals surface area contributed by atoms with Gasteiger partial charge in [0, 0.05) is 63.1 Å². The summed E-state index contributed by atoms with van der Waals surface area (Å²) < 4.78 is 16.7. The summed E-state index contributed by atoms with van der Waals surface area (Å²) in [6.07, 6.45) is 3.08. The summed E-state index contributed by atoms with van der Waals surface area (Å²) in [5, 5.41) is 3.16. The Morgan fingerprint density at radius 2 is 1.97 bits per heavy atom. The molecule has 3 aromatic heterocycles. The summed E-state index contributed by atoms with van der Waals surface area (Å²) >= 11 is 0. The molecule has 2 N–H and O–H groups in total. The number of halogens is 1. The van der Waals surface area contributed by atoms with Crippen molar-refractivity contribution in [3.05, 3.63) is 69.9 Å². The highest BCUT2D eigenvalue weighted by Gasteiger charge is 2.22. The lowest BCUT2D eigenvalue weighted by Gasteiger charge is -2.36. The van der Waals surface area contributed by atoms with Crippen LogP contribution in [0.15, 0.2) is 41.5 Å². The van der Waals surface area contributed by atoms with Crippen LogP contribution in [0.25, 0.3) is 16.6 Å². The molecular formula is C23H24FN7O2. The van der Waals surface area contributed by atoms with Crippen LogP contribution in [0.3, 0.4) is 0 Å². The fourth-order valence-electron chi connectivity index (χ4n) is 4.41. The maximum atomic E-state index is 15.3. The molecule has 0 bridgehead atoms. The lowest BCUT2D eigenvalue weighted by atomic mass is 10.1. The number of carbonyl (C=O) groups excluding carboxylic acids is 1. The molecule has 4 heterocycles. The van der Waals surface area contributed by atoms with Gasteiger partial charge in [-0.2, -0.15) is 0 Å². The number of H-pyrrole nitrogens is 1. The molecule has 1 aliphatic heterocycles. The Hall–Kier alpha value is -3.79. The highest BCUT2D eigenvalue weighted by Crippen LogP contribution is 2.24. The summed E-state index contributed by atoms with van der Waals surface area (Å²) in [5.74, 6) is -0.621. The number of aromatic nitrogens is 4. The van der Waals surface area contributed by atoms with E-state index in [0.29, 0.717) is 28.8 Å². The van der Waals surface area contributed by atoms with Crippen molar-refractivity contribution in [3.8, 4) is 0 Å². The second-order valence-electron chi connectivity index (χ2n) is 8.16. The van der Waals surface area contributed by atoms with Gasteiger partial charge >= 0.3 is 5.69 Å². The van der Waals surface area contributed by atoms with E-state index in [0.717, 1.165) is 37.6 Å². The number of carbonyl (C=O) groups is 1. The van der Waals surface area contributed by atoms with Gasteiger partial charge in [-0.25, -0.2) is 19.2 Å². The fraction of sp³-hybridized carbons (Fsp3) is 0.304. The van der Waals surface area contributed by atoms with Crippen molar-refractivity contribution < 1.29 is 9.18 Å². The Balaban J connectivity index is 1.31. The quantitative estimate of drug-likeness (QED) is 0.492. The minimum absolute atomic E-state index is 0.188. The van der Waals surface area contributed by atoms with Crippen LogP contribution < -0.4 is 15.9 Å². The molecule has 1 aromatic carbocycles. The van der Waals surface area contributed by atoms with Crippen LogP contribution in [0, 0.1) is 12.7 Å². The van der Waals surface area contributed by atoms with Crippen LogP contribution in [0.1, 0.15) is 21.7 Å². The first-order valence-electron chi connectivity index (χ1n) is 10.8. The number of rotatable bonds is 4. The monoisotopic (exact) mass is 449 g/mol. The molecule has 33 heavy (non-hydrogen) atoms. The summed E-state index contributed by atoms with van der Waals surface area (Å²) in [6, 6.07) is 7.24. The van der Waals surface area contributed by atoms with E-state index in [1.165, 1.54) is 10.6 Å². The van der Waals surface area contributed by atoms with Gasteiger partial charge in [-0.1, -0.05) is 6.07 Å². The molecule has 0 saturated carbocycles. The first-order chi connectivity index (χ1) is 16.0. The Morgan fingerprint density at radius 3 is 2.70 bits per heavy atom. The standard InChI is InChI=1S/C23H24FN7O2/c1-14-18(6-5-17(27-14)22(32)25-2)30-11-9-29(10-12-30)13-15-3-4-16-20(19(15)24)28-23(33)31-8-7-26-21(16)31/h3-8H,9-13H2,1-2H3,(H,25,32)(H,28,33). The highest BCUT2D eigenvalue weighted by atomic mass is 19.1. The number of anilines is 1. The normalized spacial score (nSPS) is 14.8. The van der Waals surface area contributed by atoms with Crippen molar-refractivity contribution in [2.24, 2.45) is 0 Å². The summed E-state index contributed by atoms with van der Waals surface area (Å²) in [6.45, 7) is 5.39. The number of aryl methyl sites for hydroxylation is 1. The van der Waals surface area contributed by atoms with E-state index in [1.807, 2.05) is 19.1 Å². The third kappa shape index (κ3) is 3.72. The molecular weight excluding hydrogens is 425 g/mol. The van der Waals surface area contributed by atoms with Crippen LogP contribution in [-0.2, 0) is 6.54 Å². The maximum absolute atomic E-state index is 15.3. The van der Waals surface area contributed by atoms with Gasteiger partial charge in [0.25, 0.3) is 5.91 Å². The van der Waals surface area contributed by atoms with Crippen LogP contribution in [0.5, 0.6) is 0 Å². The highest BCUT2D eigenvalue weighted by molar-refractivity contribution is 5.92. The topological polar surface area (TPSA) is 98.6 Å². The molecule has 0 radical (unpaired) electrons. The van der Waals surface area contributed by atoms with E-state index in [2.05, 4.69) is 30.1 Å². The van der Waals surface area contributed by atoms with E-state index in [4.69, 9.17) is 0 Å². The number of pyridine rings is 1. The molecule has 0 unspecified atom stereocenters. The van der Waals surface area contributed by atoms with Crippen LogP contribution in [-0.4, -0.2) is 63.4 Å². The van der Waals surface area contributed by atoms with E-state index in [-0.39, 0.29) is 11.4 Å². The average Bonchev–Trinajstić information content (AvgIpc) is 3.32. The van der Waals surface area contributed by atoms with Crippen molar-refractivity contribution in [3.63, 3.8) is 0 Å². The van der Waals surface area contributed by atoms with Gasteiger partial charge in [0.15, 0.2) is 5.82 Å². The number of benzene rings is 1. The van der Waals surface area contributed by atoms with Gasteiger partial charge in [-0.05, 0) is 25.1 Å². The van der Waals surface area contributed by atoms with Crippen LogP contribution in [0.4, 0.5) is 10.1 Å². The fourth-order valence-corrected chi connectivity index (χ4v) is 4.41. The first-order valence-corrected chi connectivity index (χ1v) is 10.8. The predicted molar refractivity (Wildman–Crippen MR) is 123 cm³/mol. The Morgan fingerprint density at radius 1 is 1.18 bits per heavy atom. The second-order valence-corrected chi connectivity index (χ2v) is 8.16. The molecule has 1 amide bonds. The van der Waals surface area contributed by atoms with Crippen LogP contribution in [0.2, 0.25) is 0 Å². The van der Waals surface area contributed by atoms with Crippen molar-refractivity contribution >= 4 is 28.1 Å². The molecule has 1 aliphatic rings. The molecule has 0 spiro atoms. The Kier molecular flexibility index (Phi) is 5.29. The van der Waals surface area contributed by atoms with Gasteiger partial charge in [-0.15, -0.1) is 0 Å². The number of nitrogens with one attached hydrogen (secondary N) is 2. The number of hydrogen-bond acceptors (Lipinski definition) is 6. The Labute approximate surface area is 188 Å². The lowest BCUT2D eigenvalue weighted by Crippen LogP contribution is -2.46. The smallest absolute Gasteiger partial charge is 0.331 e. The minimum atomic E-state index is -0.414. The lowest BCUT2D eigenvalue weighted by molar-refractivity contribution is 0.0958. The average molecular weight is 449 g/mol. The molecule has 9 nitrogen and oxygen atoms in total. The molecule has 10 heteroatoms. The summed E-state index contributed by atoms with van der Waals surface area (Å²) in [5.41, 5.74) is 2.96. The van der Waals surface area contributed by atoms with Gasteiger partial charge in [-0.3, -0.25) is 14.1 Å². The SMILES string of the molecule is CNC(=O)c1ccc(N2CCN(Cc3ccc4c([nH]c(=O)n5ccnc45)c3F)CC2)c(C)n1. The number of aromatic amines is 1. The maximum Gasteiger partial charge on any atom is 0.331 e. The van der Waals surface area contributed by atoms with E-state index >= 15 is 4.39 Å². The first kappa shape index (κ1) is 21.1. The second kappa shape index (κ2) is 8.28. The largest absolute Gasteiger partial charge is 0.368 e. The van der Waals surface area contributed by atoms with E-state index in [1.54, 1.807) is 25.4 Å². The molecule has 1 saturated heterocycles. The summed E-state index contributed by atoms with van der Waals surface area (Å²) in [7, 11) is 1.58.